The maximum atomic E-state index is 12.0. The molecule has 1 heterocycles. The molecule has 2 aromatic carbocycles. The Morgan fingerprint density at radius 1 is 1.05 bits per heavy atom. The summed E-state index contributed by atoms with van der Waals surface area (Å²) < 4.78 is 5.26. The first-order chi connectivity index (χ1) is 9.06. The highest BCUT2D eigenvalue weighted by Crippen LogP contribution is 2.35. The highest BCUT2D eigenvalue weighted by Gasteiger charge is 2.22. The van der Waals surface area contributed by atoms with Crippen LogP contribution >= 0.6 is 0 Å². The molecule has 0 spiro atoms. The third-order valence-corrected chi connectivity index (χ3v) is 3.47. The van der Waals surface area contributed by atoms with Crippen LogP contribution < -0.4 is 0 Å². The van der Waals surface area contributed by atoms with Crippen LogP contribution in [0.15, 0.2) is 30.3 Å². The van der Waals surface area contributed by atoms with Gasteiger partial charge in [-0.25, -0.2) is 4.79 Å². The SMILES string of the molecule is Cc1ccc2c(c1)C(=O)OCc1cc(O)c(C)cc1-2. The van der Waals surface area contributed by atoms with Crippen molar-refractivity contribution in [3.05, 3.63) is 52.6 Å². The summed E-state index contributed by atoms with van der Waals surface area (Å²) in [5.74, 6) is -0.0857. The fraction of sp³-hybridized carbons (Fsp3) is 0.188. The number of esters is 1. The van der Waals surface area contributed by atoms with E-state index in [0.717, 1.165) is 27.8 Å². The molecule has 0 fully saturated rings. The number of rotatable bonds is 0. The molecule has 0 saturated carbocycles. The van der Waals surface area contributed by atoms with E-state index in [9.17, 15) is 9.90 Å². The maximum Gasteiger partial charge on any atom is 0.339 e. The van der Waals surface area contributed by atoms with E-state index in [0.29, 0.717) is 5.56 Å². The van der Waals surface area contributed by atoms with Crippen molar-refractivity contribution in [1.29, 1.82) is 0 Å². The lowest BCUT2D eigenvalue weighted by Gasteiger charge is -2.10. The number of benzene rings is 2. The molecule has 2 aromatic rings. The van der Waals surface area contributed by atoms with E-state index in [1.807, 2.05) is 38.1 Å². The van der Waals surface area contributed by atoms with Gasteiger partial charge in [-0.2, -0.15) is 0 Å². The van der Waals surface area contributed by atoms with Gasteiger partial charge in [0.25, 0.3) is 0 Å². The number of ether oxygens (including phenoxy) is 1. The van der Waals surface area contributed by atoms with Crippen molar-refractivity contribution in [2.24, 2.45) is 0 Å². The lowest BCUT2D eigenvalue weighted by atomic mass is 9.93. The average Bonchev–Trinajstić information content (AvgIpc) is 2.50. The van der Waals surface area contributed by atoms with Crippen LogP contribution in [0.25, 0.3) is 11.1 Å². The summed E-state index contributed by atoms with van der Waals surface area (Å²) in [7, 11) is 0. The van der Waals surface area contributed by atoms with Crippen molar-refractivity contribution in [3.8, 4) is 16.9 Å². The van der Waals surface area contributed by atoms with Crippen LogP contribution in [-0.2, 0) is 11.3 Å². The lowest BCUT2D eigenvalue weighted by Crippen LogP contribution is -2.03. The molecule has 96 valence electrons. The molecule has 0 bridgehead atoms. The summed E-state index contributed by atoms with van der Waals surface area (Å²) in [6, 6.07) is 9.33. The molecule has 1 aliphatic rings. The van der Waals surface area contributed by atoms with Crippen LogP contribution in [0.5, 0.6) is 5.75 Å². The fourth-order valence-electron chi connectivity index (χ4n) is 2.39. The number of hydrogen-bond acceptors (Lipinski definition) is 3. The molecule has 0 unspecified atom stereocenters. The summed E-state index contributed by atoms with van der Waals surface area (Å²) in [6.07, 6.45) is 0. The Hall–Kier alpha value is -2.29. The molecule has 3 rings (SSSR count). The van der Waals surface area contributed by atoms with Gasteiger partial charge in [-0.1, -0.05) is 17.7 Å². The Labute approximate surface area is 111 Å². The predicted molar refractivity (Wildman–Crippen MR) is 72.1 cm³/mol. The first-order valence-electron chi connectivity index (χ1n) is 6.17. The second-order valence-electron chi connectivity index (χ2n) is 4.92. The minimum atomic E-state index is -0.313. The molecule has 0 aliphatic carbocycles. The highest BCUT2D eigenvalue weighted by molar-refractivity contribution is 5.99. The third kappa shape index (κ3) is 1.87. The van der Waals surface area contributed by atoms with Crippen molar-refractivity contribution >= 4 is 5.97 Å². The zero-order valence-corrected chi connectivity index (χ0v) is 10.9. The zero-order chi connectivity index (χ0) is 13.6. The molecule has 0 aromatic heterocycles. The van der Waals surface area contributed by atoms with E-state index in [-0.39, 0.29) is 18.3 Å². The number of aromatic hydroxyl groups is 1. The Kier molecular flexibility index (Phi) is 2.56. The van der Waals surface area contributed by atoms with Crippen LogP contribution in [0.3, 0.4) is 0 Å². The first-order valence-corrected chi connectivity index (χ1v) is 6.17. The van der Waals surface area contributed by atoms with Gasteiger partial charge >= 0.3 is 5.97 Å². The van der Waals surface area contributed by atoms with Gasteiger partial charge in [-0.05, 0) is 48.7 Å². The van der Waals surface area contributed by atoms with Crippen LogP contribution in [0.2, 0.25) is 0 Å². The summed E-state index contributed by atoms with van der Waals surface area (Å²) >= 11 is 0. The van der Waals surface area contributed by atoms with Crippen LogP contribution in [-0.4, -0.2) is 11.1 Å². The van der Waals surface area contributed by atoms with E-state index >= 15 is 0 Å². The number of hydrogen-bond donors (Lipinski definition) is 1. The lowest BCUT2D eigenvalue weighted by molar-refractivity contribution is 0.0478. The molecule has 0 amide bonds. The second kappa shape index (κ2) is 4.12. The second-order valence-corrected chi connectivity index (χ2v) is 4.92. The van der Waals surface area contributed by atoms with Crippen molar-refractivity contribution < 1.29 is 14.6 Å². The van der Waals surface area contributed by atoms with Crippen LogP contribution in [0, 0.1) is 13.8 Å². The Bertz CT molecular complexity index is 687. The van der Waals surface area contributed by atoms with Gasteiger partial charge in [0.05, 0.1) is 5.56 Å². The number of cyclic esters (lactones) is 1. The molecular formula is C16H14O3. The fourth-order valence-corrected chi connectivity index (χ4v) is 2.39. The summed E-state index contributed by atoms with van der Waals surface area (Å²) in [5.41, 5.74) is 5.06. The minimum absolute atomic E-state index is 0.190. The van der Waals surface area contributed by atoms with E-state index in [1.54, 1.807) is 6.07 Å². The van der Waals surface area contributed by atoms with Gasteiger partial charge in [0.1, 0.15) is 12.4 Å². The molecule has 0 radical (unpaired) electrons. The van der Waals surface area contributed by atoms with E-state index < -0.39 is 0 Å². The maximum absolute atomic E-state index is 12.0. The van der Waals surface area contributed by atoms with E-state index in [2.05, 4.69) is 0 Å². The molecule has 0 atom stereocenters. The van der Waals surface area contributed by atoms with Gasteiger partial charge < -0.3 is 9.84 Å². The molecular weight excluding hydrogens is 240 g/mol. The molecule has 1 aliphatic heterocycles. The van der Waals surface area contributed by atoms with Gasteiger partial charge in [-0.15, -0.1) is 0 Å². The average molecular weight is 254 g/mol. The number of fused-ring (bicyclic) bond motifs is 3. The topological polar surface area (TPSA) is 46.5 Å². The monoisotopic (exact) mass is 254 g/mol. The third-order valence-electron chi connectivity index (χ3n) is 3.47. The summed E-state index contributed by atoms with van der Waals surface area (Å²) in [6.45, 7) is 3.98. The largest absolute Gasteiger partial charge is 0.508 e. The standard InChI is InChI=1S/C16H14O3/c1-9-3-4-12-13-6-10(2)15(17)7-11(13)8-19-16(18)14(12)5-9/h3-7,17H,8H2,1-2H3. The van der Waals surface area contributed by atoms with E-state index in [1.165, 1.54) is 0 Å². The number of phenolic OH excluding ortho intramolecular Hbond substituents is 1. The van der Waals surface area contributed by atoms with Crippen molar-refractivity contribution in [2.45, 2.75) is 20.5 Å². The summed E-state index contributed by atoms with van der Waals surface area (Å²) in [4.78, 5) is 12.0. The quantitative estimate of drug-likeness (QED) is 0.733. The Balaban J connectivity index is 2.32. The van der Waals surface area contributed by atoms with Crippen molar-refractivity contribution in [1.82, 2.24) is 0 Å². The zero-order valence-electron chi connectivity index (χ0n) is 10.9. The van der Waals surface area contributed by atoms with Crippen molar-refractivity contribution in [2.75, 3.05) is 0 Å². The molecule has 1 N–H and O–H groups in total. The molecule has 19 heavy (non-hydrogen) atoms. The highest BCUT2D eigenvalue weighted by atomic mass is 16.5. The van der Waals surface area contributed by atoms with Gasteiger partial charge in [0.15, 0.2) is 0 Å². The number of phenols is 1. The first kappa shape index (κ1) is 11.8. The number of aryl methyl sites for hydroxylation is 2. The minimum Gasteiger partial charge on any atom is -0.508 e. The predicted octanol–water partition coefficient (Wildman–Crippen LogP) is 3.35. The Morgan fingerprint density at radius 2 is 1.84 bits per heavy atom. The summed E-state index contributed by atoms with van der Waals surface area (Å²) in [5, 5.41) is 9.78. The number of carbonyl (C=O) groups excluding carboxylic acids is 1. The molecule has 0 saturated heterocycles. The van der Waals surface area contributed by atoms with Gasteiger partial charge in [0, 0.05) is 5.56 Å². The van der Waals surface area contributed by atoms with Crippen molar-refractivity contribution in [3.63, 3.8) is 0 Å². The van der Waals surface area contributed by atoms with Gasteiger partial charge in [0.2, 0.25) is 0 Å². The molecule has 3 heteroatoms. The normalized spacial score (nSPS) is 13.3. The van der Waals surface area contributed by atoms with Crippen LogP contribution in [0.4, 0.5) is 0 Å². The number of carbonyl (C=O) groups is 1. The van der Waals surface area contributed by atoms with E-state index in [4.69, 9.17) is 4.74 Å². The van der Waals surface area contributed by atoms with Gasteiger partial charge in [-0.3, -0.25) is 0 Å². The molecule has 3 nitrogen and oxygen atoms in total. The van der Waals surface area contributed by atoms with Crippen LogP contribution in [0.1, 0.15) is 27.0 Å². The Morgan fingerprint density at radius 3 is 2.63 bits per heavy atom. The smallest absolute Gasteiger partial charge is 0.339 e.